The van der Waals surface area contributed by atoms with Gasteiger partial charge in [-0.2, -0.15) is 0 Å². The lowest BCUT2D eigenvalue weighted by atomic mass is 10.1. The minimum absolute atomic E-state index is 0.457. The van der Waals surface area contributed by atoms with Crippen molar-refractivity contribution in [2.24, 2.45) is 0 Å². The van der Waals surface area contributed by atoms with Crippen LogP contribution < -0.4 is 4.90 Å². The predicted molar refractivity (Wildman–Crippen MR) is 84.1 cm³/mol. The van der Waals surface area contributed by atoms with Gasteiger partial charge in [-0.15, -0.1) is 11.8 Å². The van der Waals surface area contributed by atoms with E-state index in [1.807, 2.05) is 25.1 Å². The molecule has 0 aromatic heterocycles. The van der Waals surface area contributed by atoms with Crippen LogP contribution in [0.25, 0.3) is 0 Å². The van der Waals surface area contributed by atoms with E-state index < -0.39 is 5.97 Å². The van der Waals surface area contributed by atoms with Crippen molar-refractivity contribution in [1.29, 1.82) is 0 Å². The van der Waals surface area contributed by atoms with E-state index in [9.17, 15) is 9.90 Å². The molecule has 0 amide bonds. The molecule has 1 aliphatic heterocycles. The van der Waals surface area contributed by atoms with Crippen LogP contribution in [0.2, 0.25) is 0 Å². The molecule has 0 aliphatic carbocycles. The molecule has 0 radical (unpaired) electrons. The number of likely N-dealkylation sites (N-methyl/N-ethyl adjacent to an activating group) is 1. The first-order valence-electron chi connectivity index (χ1n) is 6.95. The fourth-order valence-electron chi connectivity index (χ4n) is 2.66. The van der Waals surface area contributed by atoms with Crippen molar-refractivity contribution in [2.75, 3.05) is 37.8 Å². The van der Waals surface area contributed by atoms with Gasteiger partial charge in [0.15, 0.2) is 0 Å². The smallest absolute Gasteiger partial charge is 0.338 e. The van der Waals surface area contributed by atoms with Gasteiger partial charge in [0.05, 0.1) is 11.3 Å². The molecule has 1 heterocycles. The summed E-state index contributed by atoms with van der Waals surface area (Å²) in [5.41, 5.74) is 1.32. The third-order valence-corrected chi connectivity index (χ3v) is 4.69. The van der Waals surface area contributed by atoms with Gasteiger partial charge in [-0.1, -0.05) is 13.0 Å². The molecule has 5 heteroatoms. The monoisotopic (exact) mass is 294 g/mol. The number of aromatic carboxylic acids is 1. The summed E-state index contributed by atoms with van der Waals surface area (Å²) in [7, 11) is 4.16. The van der Waals surface area contributed by atoms with Crippen LogP contribution in [0.1, 0.15) is 23.7 Å². The molecule has 1 fully saturated rings. The zero-order valence-electron chi connectivity index (χ0n) is 12.3. The topological polar surface area (TPSA) is 43.8 Å². The van der Waals surface area contributed by atoms with Crippen LogP contribution in [0.4, 0.5) is 5.69 Å². The summed E-state index contributed by atoms with van der Waals surface area (Å²) in [6, 6.07) is 6.30. The number of thioether (sulfide) groups is 1. The van der Waals surface area contributed by atoms with Crippen LogP contribution in [-0.2, 0) is 0 Å². The van der Waals surface area contributed by atoms with E-state index in [1.54, 1.807) is 11.8 Å². The maximum atomic E-state index is 11.6. The molecule has 1 aliphatic rings. The number of hydrogen-bond donors (Lipinski definition) is 1. The summed E-state index contributed by atoms with van der Waals surface area (Å²) in [5, 5.41) is 9.56. The number of benzene rings is 1. The third kappa shape index (κ3) is 3.10. The molecule has 1 atom stereocenters. The number of carboxylic acids is 1. The molecule has 1 unspecified atom stereocenters. The lowest BCUT2D eigenvalue weighted by molar-refractivity contribution is 0.0694. The van der Waals surface area contributed by atoms with Gasteiger partial charge < -0.3 is 14.9 Å². The van der Waals surface area contributed by atoms with Gasteiger partial charge in [0.2, 0.25) is 0 Å². The van der Waals surface area contributed by atoms with Gasteiger partial charge in [0.1, 0.15) is 0 Å². The van der Waals surface area contributed by atoms with E-state index in [4.69, 9.17) is 0 Å². The first-order valence-corrected chi connectivity index (χ1v) is 7.93. The Balaban J connectivity index is 2.32. The highest BCUT2D eigenvalue weighted by Gasteiger charge is 2.28. The van der Waals surface area contributed by atoms with E-state index in [-0.39, 0.29) is 0 Å². The summed E-state index contributed by atoms with van der Waals surface area (Å²) in [6.45, 7) is 3.86. The Hall–Kier alpha value is -1.20. The quantitative estimate of drug-likeness (QED) is 0.846. The van der Waals surface area contributed by atoms with Crippen molar-refractivity contribution < 1.29 is 9.90 Å². The maximum absolute atomic E-state index is 11.6. The summed E-state index contributed by atoms with van der Waals surface area (Å²) in [6.07, 6.45) is 1.08. The fraction of sp³-hybridized carbons (Fsp3) is 0.533. The first-order chi connectivity index (χ1) is 9.54. The highest BCUT2D eigenvalue weighted by Crippen LogP contribution is 2.33. The average Bonchev–Trinajstić information content (AvgIpc) is 2.88. The lowest BCUT2D eigenvalue weighted by Crippen LogP contribution is -2.32. The van der Waals surface area contributed by atoms with Crippen molar-refractivity contribution >= 4 is 23.4 Å². The van der Waals surface area contributed by atoms with Gasteiger partial charge in [-0.3, -0.25) is 0 Å². The fourth-order valence-corrected chi connectivity index (χ4v) is 3.48. The van der Waals surface area contributed by atoms with Crippen LogP contribution in [0, 0.1) is 0 Å². The minimum Gasteiger partial charge on any atom is -0.478 e. The number of carbonyl (C=O) groups is 1. The van der Waals surface area contributed by atoms with Crippen molar-refractivity contribution in [3.63, 3.8) is 0 Å². The van der Waals surface area contributed by atoms with Crippen LogP contribution in [0.3, 0.4) is 0 Å². The molecule has 1 N–H and O–H groups in total. The van der Waals surface area contributed by atoms with Crippen molar-refractivity contribution in [3.8, 4) is 0 Å². The first kappa shape index (κ1) is 15.2. The van der Waals surface area contributed by atoms with Crippen LogP contribution in [-0.4, -0.2) is 55.0 Å². The van der Waals surface area contributed by atoms with E-state index in [0.29, 0.717) is 11.6 Å². The second-order valence-corrected chi connectivity index (χ2v) is 6.55. The molecule has 1 saturated heterocycles. The number of carboxylic acid groups (broad SMARTS) is 1. The minimum atomic E-state index is -0.829. The summed E-state index contributed by atoms with van der Waals surface area (Å²) in [4.78, 5) is 16.9. The van der Waals surface area contributed by atoms with Crippen molar-refractivity contribution in [1.82, 2.24) is 4.90 Å². The van der Waals surface area contributed by atoms with Gasteiger partial charge in [-0.25, -0.2) is 4.79 Å². The zero-order chi connectivity index (χ0) is 14.7. The maximum Gasteiger partial charge on any atom is 0.338 e. The van der Waals surface area contributed by atoms with E-state index in [0.717, 1.165) is 35.8 Å². The summed E-state index contributed by atoms with van der Waals surface area (Å²) in [5.74, 6) is 0.0502. The van der Waals surface area contributed by atoms with Crippen LogP contribution in [0.5, 0.6) is 0 Å². The van der Waals surface area contributed by atoms with E-state index in [1.165, 1.54) is 0 Å². The molecule has 20 heavy (non-hydrogen) atoms. The second-order valence-electron chi connectivity index (χ2n) is 5.24. The number of anilines is 1. The molecule has 0 spiro atoms. The molecule has 4 nitrogen and oxygen atoms in total. The zero-order valence-corrected chi connectivity index (χ0v) is 13.1. The standard InChI is InChI=1S/C15H22N2O2S/c1-4-20-13-7-5-6-12(14(13)15(18)19)17-9-8-11(10-17)16(2)3/h5-7,11H,4,8-10H2,1-3H3,(H,18,19). The van der Waals surface area contributed by atoms with Crippen molar-refractivity contribution in [3.05, 3.63) is 23.8 Å². The Morgan fingerprint density at radius 3 is 2.80 bits per heavy atom. The largest absolute Gasteiger partial charge is 0.478 e. The normalized spacial score (nSPS) is 18.8. The number of nitrogens with zero attached hydrogens (tertiary/aromatic N) is 2. The van der Waals surface area contributed by atoms with Gasteiger partial charge >= 0.3 is 5.97 Å². The molecule has 1 aromatic carbocycles. The average molecular weight is 294 g/mol. The van der Waals surface area contributed by atoms with Crippen molar-refractivity contribution in [2.45, 2.75) is 24.3 Å². The van der Waals surface area contributed by atoms with Crippen LogP contribution in [0.15, 0.2) is 23.1 Å². The Morgan fingerprint density at radius 2 is 2.25 bits per heavy atom. The Bertz CT molecular complexity index is 491. The highest BCUT2D eigenvalue weighted by molar-refractivity contribution is 7.99. The summed E-state index contributed by atoms with van der Waals surface area (Å²) < 4.78 is 0. The molecular formula is C15H22N2O2S. The molecule has 1 aromatic rings. The predicted octanol–water partition coefficient (Wildman–Crippen LogP) is 2.64. The Labute approximate surface area is 124 Å². The molecule has 0 bridgehead atoms. The number of rotatable bonds is 5. The highest BCUT2D eigenvalue weighted by atomic mass is 32.2. The SMILES string of the molecule is CCSc1cccc(N2CCC(N(C)C)C2)c1C(=O)O. The van der Waals surface area contributed by atoms with E-state index >= 15 is 0 Å². The van der Waals surface area contributed by atoms with Gasteiger partial charge in [0.25, 0.3) is 0 Å². The third-order valence-electron chi connectivity index (χ3n) is 3.75. The van der Waals surface area contributed by atoms with Gasteiger partial charge in [0, 0.05) is 24.0 Å². The lowest BCUT2D eigenvalue weighted by Gasteiger charge is -2.24. The molecule has 0 saturated carbocycles. The second kappa shape index (κ2) is 6.50. The molecule has 110 valence electrons. The Morgan fingerprint density at radius 1 is 1.50 bits per heavy atom. The Kier molecular flexibility index (Phi) is 4.94. The van der Waals surface area contributed by atoms with Crippen LogP contribution >= 0.6 is 11.8 Å². The van der Waals surface area contributed by atoms with Gasteiger partial charge in [-0.05, 0) is 38.4 Å². The molecule has 2 rings (SSSR count). The van der Waals surface area contributed by atoms with E-state index in [2.05, 4.69) is 23.9 Å². The molecular weight excluding hydrogens is 272 g/mol. The number of hydrogen-bond acceptors (Lipinski definition) is 4. The summed E-state index contributed by atoms with van der Waals surface area (Å²) >= 11 is 1.59.